The number of benzene rings is 2. The van der Waals surface area contributed by atoms with E-state index in [1.807, 2.05) is 18.2 Å². The highest BCUT2D eigenvalue weighted by atomic mass is 79.9. The molecule has 2 aromatic carbocycles. The Bertz CT molecular complexity index is 759. The average molecular weight is 416 g/mol. The molecule has 6 heteroatoms. The molecule has 128 valence electrons. The van der Waals surface area contributed by atoms with E-state index in [1.165, 1.54) is 23.9 Å². The molecule has 3 rings (SSSR count). The molecule has 1 aliphatic rings. The van der Waals surface area contributed by atoms with Gasteiger partial charge in [0, 0.05) is 32.9 Å². The first-order valence-corrected chi connectivity index (χ1v) is 9.43. The molecule has 0 saturated heterocycles. The lowest BCUT2D eigenvalue weighted by molar-refractivity contribution is -0.137. The van der Waals surface area contributed by atoms with Gasteiger partial charge >= 0.3 is 6.18 Å². The van der Waals surface area contributed by atoms with Gasteiger partial charge in [-0.05, 0) is 41.8 Å². The molecule has 0 aliphatic carbocycles. The minimum absolute atomic E-state index is 0.591. The Labute approximate surface area is 152 Å². The van der Waals surface area contributed by atoms with Crippen molar-refractivity contribution in [1.29, 1.82) is 0 Å². The summed E-state index contributed by atoms with van der Waals surface area (Å²) in [7, 11) is 0. The smallest absolute Gasteiger partial charge is 0.385 e. The van der Waals surface area contributed by atoms with E-state index < -0.39 is 11.7 Å². The van der Waals surface area contributed by atoms with Gasteiger partial charge in [-0.1, -0.05) is 47.1 Å². The summed E-state index contributed by atoms with van der Waals surface area (Å²) in [5.74, 6) is 0. The predicted octanol–water partition coefficient (Wildman–Crippen LogP) is 6.74. The molecule has 0 radical (unpaired) electrons. The summed E-state index contributed by atoms with van der Waals surface area (Å²) < 4.78 is 40.7. The SMILES string of the molecule is CCCCNc1cc(C(F)(F)F)cc2c1Cc1ccc(Br)cc1S2. The van der Waals surface area contributed by atoms with Crippen LogP contribution in [0.15, 0.2) is 44.6 Å². The maximum Gasteiger partial charge on any atom is 0.416 e. The van der Waals surface area contributed by atoms with Crippen molar-refractivity contribution in [3.63, 3.8) is 0 Å². The molecule has 0 atom stereocenters. The minimum atomic E-state index is -4.34. The maximum absolute atomic E-state index is 13.2. The Morgan fingerprint density at radius 2 is 1.96 bits per heavy atom. The van der Waals surface area contributed by atoms with Crippen molar-refractivity contribution in [2.24, 2.45) is 0 Å². The second-order valence-corrected chi connectivity index (χ2v) is 7.81. The Hall–Kier alpha value is -1.14. The fraction of sp³-hybridized carbons (Fsp3) is 0.333. The van der Waals surface area contributed by atoms with Crippen molar-refractivity contribution < 1.29 is 13.2 Å². The molecule has 0 aromatic heterocycles. The Morgan fingerprint density at radius 3 is 2.67 bits per heavy atom. The second kappa shape index (κ2) is 7.00. The van der Waals surface area contributed by atoms with E-state index in [1.54, 1.807) is 0 Å². The number of unbranched alkanes of at least 4 members (excludes halogenated alkanes) is 1. The molecular weight excluding hydrogens is 399 g/mol. The van der Waals surface area contributed by atoms with E-state index in [0.717, 1.165) is 33.3 Å². The molecule has 2 aromatic rings. The first-order valence-electron chi connectivity index (χ1n) is 7.82. The van der Waals surface area contributed by atoms with E-state index >= 15 is 0 Å². The normalized spacial score (nSPS) is 13.4. The fourth-order valence-electron chi connectivity index (χ4n) is 2.72. The molecule has 0 bridgehead atoms. The number of fused-ring (bicyclic) bond motifs is 2. The highest BCUT2D eigenvalue weighted by molar-refractivity contribution is 9.10. The number of hydrogen-bond donors (Lipinski definition) is 1. The quantitative estimate of drug-likeness (QED) is 0.473. The van der Waals surface area contributed by atoms with Gasteiger partial charge in [-0.15, -0.1) is 0 Å². The van der Waals surface area contributed by atoms with E-state index in [-0.39, 0.29) is 0 Å². The van der Waals surface area contributed by atoms with Crippen LogP contribution in [0.4, 0.5) is 18.9 Å². The van der Waals surface area contributed by atoms with Gasteiger partial charge in [0.2, 0.25) is 0 Å². The Balaban J connectivity index is 2.02. The third-order valence-corrected chi connectivity index (χ3v) is 5.68. The van der Waals surface area contributed by atoms with Crippen molar-refractivity contribution in [1.82, 2.24) is 0 Å². The molecule has 0 unspecified atom stereocenters. The maximum atomic E-state index is 13.2. The van der Waals surface area contributed by atoms with Crippen LogP contribution in [0.25, 0.3) is 0 Å². The first-order chi connectivity index (χ1) is 11.4. The van der Waals surface area contributed by atoms with Crippen LogP contribution < -0.4 is 5.32 Å². The molecule has 0 amide bonds. The lowest BCUT2D eigenvalue weighted by atomic mass is 10.00. The molecule has 24 heavy (non-hydrogen) atoms. The largest absolute Gasteiger partial charge is 0.416 e. The van der Waals surface area contributed by atoms with Crippen LogP contribution in [-0.2, 0) is 12.6 Å². The molecule has 1 nitrogen and oxygen atoms in total. The molecular formula is C18H17BrF3NS. The molecule has 1 heterocycles. The highest BCUT2D eigenvalue weighted by Crippen LogP contribution is 2.46. The van der Waals surface area contributed by atoms with E-state index in [9.17, 15) is 13.2 Å². The van der Waals surface area contributed by atoms with E-state index in [4.69, 9.17) is 0 Å². The fourth-order valence-corrected chi connectivity index (χ4v) is 4.42. The van der Waals surface area contributed by atoms with Gasteiger partial charge in [-0.3, -0.25) is 0 Å². The summed E-state index contributed by atoms with van der Waals surface area (Å²) in [5.41, 5.74) is 2.12. The Kier molecular flexibility index (Phi) is 5.16. The van der Waals surface area contributed by atoms with Crippen molar-refractivity contribution in [3.05, 3.63) is 51.5 Å². The van der Waals surface area contributed by atoms with Gasteiger partial charge in [-0.25, -0.2) is 0 Å². The van der Waals surface area contributed by atoms with Crippen LogP contribution in [0.2, 0.25) is 0 Å². The van der Waals surface area contributed by atoms with Crippen LogP contribution in [-0.4, -0.2) is 6.54 Å². The minimum Gasteiger partial charge on any atom is -0.385 e. The average Bonchev–Trinajstić information content (AvgIpc) is 2.52. The van der Waals surface area contributed by atoms with Gasteiger partial charge in [0.1, 0.15) is 0 Å². The predicted molar refractivity (Wildman–Crippen MR) is 95.9 cm³/mol. The summed E-state index contributed by atoms with van der Waals surface area (Å²) in [6.07, 6.45) is -1.76. The van der Waals surface area contributed by atoms with Crippen LogP contribution in [0.1, 0.15) is 36.5 Å². The number of rotatable bonds is 4. The topological polar surface area (TPSA) is 12.0 Å². The lowest BCUT2D eigenvalue weighted by Gasteiger charge is -2.24. The van der Waals surface area contributed by atoms with Gasteiger partial charge in [-0.2, -0.15) is 13.2 Å². The van der Waals surface area contributed by atoms with Crippen LogP contribution in [0, 0.1) is 0 Å². The van der Waals surface area contributed by atoms with Gasteiger partial charge in [0.15, 0.2) is 0 Å². The molecule has 0 spiro atoms. The van der Waals surface area contributed by atoms with Gasteiger partial charge < -0.3 is 5.32 Å². The second-order valence-electron chi connectivity index (χ2n) is 5.81. The van der Waals surface area contributed by atoms with Crippen LogP contribution >= 0.6 is 27.7 Å². The molecule has 1 aliphatic heterocycles. The summed E-state index contributed by atoms with van der Waals surface area (Å²) in [6, 6.07) is 8.49. The zero-order valence-corrected chi connectivity index (χ0v) is 15.5. The third kappa shape index (κ3) is 3.75. The summed E-state index contributed by atoms with van der Waals surface area (Å²) in [4.78, 5) is 1.70. The van der Waals surface area contributed by atoms with Crippen molar-refractivity contribution in [3.8, 4) is 0 Å². The van der Waals surface area contributed by atoms with E-state index in [0.29, 0.717) is 23.5 Å². The number of alkyl halides is 3. The zero-order chi connectivity index (χ0) is 17.3. The van der Waals surface area contributed by atoms with E-state index in [2.05, 4.69) is 28.2 Å². The summed E-state index contributed by atoms with van der Waals surface area (Å²) >= 11 is 4.84. The summed E-state index contributed by atoms with van der Waals surface area (Å²) in [6.45, 7) is 2.75. The number of anilines is 1. The third-order valence-electron chi connectivity index (χ3n) is 4.00. The van der Waals surface area contributed by atoms with Gasteiger partial charge in [0.25, 0.3) is 0 Å². The summed E-state index contributed by atoms with van der Waals surface area (Å²) in [5, 5.41) is 3.21. The van der Waals surface area contributed by atoms with Crippen molar-refractivity contribution >= 4 is 33.4 Å². The number of halogens is 4. The molecule has 0 saturated carbocycles. The highest BCUT2D eigenvalue weighted by Gasteiger charge is 2.33. The van der Waals surface area contributed by atoms with Crippen molar-refractivity contribution in [2.45, 2.75) is 42.2 Å². The number of hydrogen-bond acceptors (Lipinski definition) is 2. The zero-order valence-electron chi connectivity index (χ0n) is 13.1. The standard InChI is InChI=1S/C18H17BrF3NS/c1-2-3-6-23-15-8-12(18(20,21)22)9-17-14(15)7-11-4-5-13(19)10-16(11)24-17/h4-5,8-10,23H,2-3,6-7H2,1H3. The number of nitrogens with one attached hydrogen (secondary N) is 1. The first kappa shape index (κ1) is 17.7. The lowest BCUT2D eigenvalue weighted by Crippen LogP contribution is -2.12. The van der Waals surface area contributed by atoms with Crippen LogP contribution in [0.3, 0.4) is 0 Å². The molecule has 0 fully saturated rings. The van der Waals surface area contributed by atoms with Crippen LogP contribution in [0.5, 0.6) is 0 Å². The monoisotopic (exact) mass is 415 g/mol. The van der Waals surface area contributed by atoms with Gasteiger partial charge in [0.05, 0.1) is 5.56 Å². The molecule has 1 N–H and O–H groups in total. The van der Waals surface area contributed by atoms with Crippen molar-refractivity contribution in [2.75, 3.05) is 11.9 Å². The Morgan fingerprint density at radius 1 is 1.17 bits per heavy atom.